The van der Waals surface area contributed by atoms with E-state index in [2.05, 4.69) is 4.90 Å². The molecule has 0 aromatic rings. The first-order valence-corrected chi connectivity index (χ1v) is 13.1. The number of nitrogens with zero attached hydrogens (tertiary/aromatic N) is 3. The first-order valence-electron chi connectivity index (χ1n) is 13.1. The Kier molecular flexibility index (Phi) is 6.97. The Hall–Kier alpha value is -2.27. The van der Waals surface area contributed by atoms with E-state index in [1.165, 1.54) is 4.90 Å². The van der Waals surface area contributed by atoms with Crippen LogP contribution in [-0.4, -0.2) is 120 Å². The lowest BCUT2D eigenvalue weighted by Crippen LogP contribution is -2.59. The predicted octanol–water partition coefficient (Wildman–Crippen LogP) is -0.0381. The number of carbonyl (C=O) groups is 3. The van der Waals surface area contributed by atoms with Crippen LogP contribution >= 0.6 is 0 Å². The first-order chi connectivity index (χ1) is 17.4. The summed E-state index contributed by atoms with van der Waals surface area (Å²) in [5.74, 6) is -2.84. The quantitative estimate of drug-likeness (QED) is 0.398. The molecule has 3 saturated heterocycles. The van der Waals surface area contributed by atoms with Gasteiger partial charge in [-0.25, -0.2) is 0 Å². The highest BCUT2D eigenvalue weighted by Crippen LogP contribution is 2.57. The van der Waals surface area contributed by atoms with Crippen LogP contribution in [0.3, 0.4) is 0 Å². The number of fused-ring (bicyclic) bond motifs is 2. The van der Waals surface area contributed by atoms with E-state index in [4.69, 9.17) is 14.2 Å². The average Bonchev–Trinajstić information content (AvgIpc) is 3.19. The van der Waals surface area contributed by atoms with Crippen LogP contribution < -0.4 is 0 Å². The standard InChI is InChI=1S/C26H37N3O7/c1-3-18(17-30)29-21-23(32)28(11-10-27-12-15-34-16-13-27)9-6-8-26(21)19(22(29)31)20-24(33)35-14-5-4-7-25(20,2)36-26/h4,6-8,18-21,30H,3,5,9-17H2,1-2H3/t18-,19-,20-,21?,25+,26-/m0/s1. The van der Waals surface area contributed by atoms with Crippen LogP contribution in [-0.2, 0) is 28.6 Å². The molecule has 6 atom stereocenters. The van der Waals surface area contributed by atoms with Gasteiger partial charge in [-0.1, -0.05) is 31.2 Å². The maximum absolute atomic E-state index is 14.2. The van der Waals surface area contributed by atoms with E-state index in [-0.39, 0.29) is 25.0 Å². The minimum Gasteiger partial charge on any atom is -0.465 e. The number of morpholine rings is 1. The average molecular weight is 504 g/mol. The van der Waals surface area contributed by atoms with E-state index in [1.54, 1.807) is 11.8 Å². The van der Waals surface area contributed by atoms with Crippen molar-refractivity contribution in [1.29, 1.82) is 0 Å². The highest BCUT2D eigenvalue weighted by molar-refractivity contribution is 5.99. The predicted molar refractivity (Wildman–Crippen MR) is 129 cm³/mol. The molecule has 198 valence electrons. The Labute approximate surface area is 211 Å². The van der Waals surface area contributed by atoms with E-state index in [0.717, 1.165) is 13.1 Å². The maximum Gasteiger partial charge on any atom is 0.313 e. The molecular weight excluding hydrogens is 466 g/mol. The number of aliphatic hydroxyl groups is 1. The largest absolute Gasteiger partial charge is 0.465 e. The van der Waals surface area contributed by atoms with Gasteiger partial charge in [-0.3, -0.25) is 19.3 Å². The third-order valence-corrected chi connectivity index (χ3v) is 8.41. The SMILES string of the molecule is CC[C@@H](CO)N1C(=O)[C@@H]2[C@H]3C(=O)OCCC=C[C@@]3(C)O[C@@]23C=CCN(CCN2CCOCC2)C(=O)C13. The summed E-state index contributed by atoms with van der Waals surface area (Å²) in [5.41, 5.74) is -2.41. The molecule has 5 heterocycles. The Morgan fingerprint density at radius 3 is 2.56 bits per heavy atom. The fraction of sp³-hybridized carbons (Fsp3) is 0.731. The van der Waals surface area contributed by atoms with Crippen LogP contribution in [0.15, 0.2) is 24.3 Å². The summed E-state index contributed by atoms with van der Waals surface area (Å²) in [4.78, 5) is 47.1. The Morgan fingerprint density at radius 1 is 1.06 bits per heavy atom. The molecule has 10 nitrogen and oxygen atoms in total. The van der Waals surface area contributed by atoms with Gasteiger partial charge >= 0.3 is 5.97 Å². The van der Waals surface area contributed by atoms with Crippen molar-refractivity contribution < 1.29 is 33.7 Å². The zero-order valence-corrected chi connectivity index (χ0v) is 21.1. The first kappa shape index (κ1) is 25.4. The van der Waals surface area contributed by atoms with E-state index >= 15 is 0 Å². The van der Waals surface area contributed by atoms with Gasteiger partial charge in [0.25, 0.3) is 0 Å². The zero-order valence-electron chi connectivity index (χ0n) is 21.1. The zero-order chi connectivity index (χ0) is 25.5. The van der Waals surface area contributed by atoms with E-state index < -0.39 is 41.1 Å². The lowest BCUT2D eigenvalue weighted by Gasteiger charge is -2.40. The van der Waals surface area contributed by atoms with Crippen LogP contribution in [0.25, 0.3) is 0 Å². The Bertz CT molecular complexity index is 944. The molecule has 2 amide bonds. The molecule has 1 unspecified atom stereocenters. The second kappa shape index (κ2) is 9.89. The summed E-state index contributed by atoms with van der Waals surface area (Å²) < 4.78 is 17.7. The fourth-order valence-corrected chi connectivity index (χ4v) is 6.57. The number of hydrogen-bond acceptors (Lipinski definition) is 8. The Morgan fingerprint density at radius 2 is 1.83 bits per heavy atom. The lowest BCUT2D eigenvalue weighted by molar-refractivity contribution is -0.162. The molecule has 3 fully saturated rings. The van der Waals surface area contributed by atoms with Gasteiger partial charge in [0.15, 0.2) is 0 Å². The van der Waals surface area contributed by atoms with Crippen molar-refractivity contribution in [2.75, 3.05) is 59.2 Å². The summed E-state index contributed by atoms with van der Waals surface area (Å²) in [6.45, 7) is 8.21. The van der Waals surface area contributed by atoms with Gasteiger partial charge in [-0.05, 0) is 19.8 Å². The smallest absolute Gasteiger partial charge is 0.313 e. The molecule has 5 aliphatic heterocycles. The molecule has 1 spiro atoms. The van der Waals surface area contributed by atoms with Gasteiger partial charge in [-0.15, -0.1) is 0 Å². The number of likely N-dealkylation sites (tertiary alicyclic amines) is 1. The highest BCUT2D eigenvalue weighted by atomic mass is 16.6. The number of cyclic esters (lactones) is 1. The summed E-state index contributed by atoms with van der Waals surface area (Å²) in [6.07, 6.45) is 8.51. The lowest BCUT2D eigenvalue weighted by atomic mass is 9.74. The van der Waals surface area contributed by atoms with Gasteiger partial charge < -0.3 is 29.1 Å². The third kappa shape index (κ3) is 3.98. The molecule has 0 aromatic carbocycles. The van der Waals surface area contributed by atoms with Crippen LogP contribution in [0.4, 0.5) is 0 Å². The molecule has 0 aromatic heterocycles. The number of rotatable bonds is 6. The van der Waals surface area contributed by atoms with Gasteiger partial charge in [-0.2, -0.15) is 0 Å². The van der Waals surface area contributed by atoms with Crippen LogP contribution in [0.2, 0.25) is 0 Å². The molecule has 36 heavy (non-hydrogen) atoms. The normalized spacial score (nSPS) is 37.6. The van der Waals surface area contributed by atoms with Crippen molar-refractivity contribution >= 4 is 17.8 Å². The van der Waals surface area contributed by atoms with Crippen molar-refractivity contribution in [1.82, 2.24) is 14.7 Å². The summed E-state index contributed by atoms with van der Waals surface area (Å²) in [6, 6.07) is -1.53. The molecule has 0 aliphatic carbocycles. The molecule has 10 heteroatoms. The monoisotopic (exact) mass is 503 g/mol. The van der Waals surface area contributed by atoms with E-state index in [9.17, 15) is 19.5 Å². The third-order valence-electron chi connectivity index (χ3n) is 8.41. The van der Waals surface area contributed by atoms with Crippen LogP contribution in [0.1, 0.15) is 26.7 Å². The van der Waals surface area contributed by atoms with E-state index in [1.807, 2.05) is 31.2 Å². The van der Waals surface area contributed by atoms with Gasteiger partial charge in [0, 0.05) is 32.7 Å². The summed E-state index contributed by atoms with van der Waals surface area (Å²) in [5, 5.41) is 10.2. The molecule has 0 radical (unpaired) electrons. The van der Waals surface area contributed by atoms with Crippen molar-refractivity contribution in [3.63, 3.8) is 0 Å². The number of hydrogen-bond donors (Lipinski definition) is 1. The minimum absolute atomic E-state index is 0.216. The number of carbonyl (C=O) groups excluding carboxylic acids is 3. The van der Waals surface area contributed by atoms with Gasteiger partial charge in [0.1, 0.15) is 17.6 Å². The number of esters is 1. The summed E-state index contributed by atoms with van der Waals surface area (Å²) >= 11 is 0. The Balaban J connectivity index is 1.53. The fourth-order valence-electron chi connectivity index (χ4n) is 6.57. The molecule has 5 aliphatic rings. The molecule has 1 N–H and O–H groups in total. The van der Waals surface area contributed by atoms with Crippen molar-refractivity contribution in [2.45, 2.75) is 50.0 Å². The van der Waals surface area contributed by atoms with Crippen molar-refractivity contribution in [3.05, 3.63) is 24.3 Å². The number of ether oxygens (including phenoxy) is 3. The number of aliphatic hydroxyl groups excluding tert-OH is 1. The van der Waals surface area contributed by atoms with Crippen LogP contribution in [0, 0.1) is 11.8 Å². The van der Waals surface area contributed by atoms with E-state index in [0.29, 0.717) is 45.7 Å². The topological polar surface area (TPSA) is 109 Å². The number of amides is 2. The molecular formula is C26H37N3O7. The van der Waals surface area contributed by atoms with Crippen molar-refractivity contribution in [3.8, 4) is 0 Å². The molecule has 0 bridgehead atoms. The van der Waals surface area contributed by atoms with Crippen molar-refractivity contribution in [2.24, 2.45) is 11.8 Å². The second-order valence-corrected chi connectivity index (χ2v) is 10.5. The highest BCUT2D eigenvalue weighted by Gasteiger charge is 2.75. The van der Waals surface area contributed by atoms with Gasteiger partial charge in [0.05, 0.1) is 44.0 Å². The maximum atomic E-state index is 14.2. The molecule has 5 rings (SSSR count). The summed E-state index contributed by atoms with van der Waals surface area (Å²) in [7, 11) is 0. The minimum atomic E-state index is -1.32. The molecule has 0 saturated carbocycles. The van der Waals surface area contributed by atoms with Crippen LogP contribution in [0.5, 0.6) is 0 Å². The second-order valence-electron chi connectivity index (χ2n) is 10.5. The van der Waals surface area contributed by atoms with Gasteiger partial charge in [0.2, 0.25) is 11.8 Å².